The number of alkyl halides is 2. The molecule has 1 unspecified atom stereocenters. The predicted molar refractivity (Wildman–Crippen MR) is 222 cm³/mol. The second-order valence-electron chi connectivity index (χ2n) is 16.5. The zero-order valence-corrected chi connectivity index (χ0v) is 34.4. The van der Waals surface area contributed by atoms with Gasteiger partial charge in [-0.25, -0.2) is 18.7 Å². The van der Waals surface area contributed by atoms with Gasteiger partial charge >= 0.3 is 0 Å². The molecule has 0 bridgehead atoms. The van der Waals surface area contributed by atoms with E-state index in [4.69, 9.17) is 9.15 Å². The van der Waals surface area contributed by atoms with Crippen LogP contribution in [0.1, 0.15) is 107 Å². The lowest BCUT2D eigenvalue weighted by Gasteiger charge is -2.31. The summed E-state index contributed by atoms with van der Waals surface area (Å²) in [6.07, 6.45) is 8.13. The van der Waals surface area contributed by atoms with E-state index in [0.717, 1.165) is 56.6 Å². The average Bonchev–Trinajstić information content (AvgIpc) is 3.66. The molecule has 328 valence electrons. The van der Waals surface area contributed by atoms with Crippen LogP contribution in [0.4, 0.5) is 26.0 Å². The molecule has 5 heterocycles. The Bertz CT molecular complexity index is 2300. The molecule has 1 saturated heterocycles. The Morgan fingerprint density at radius 3 is 2.58 bits per heavy atom. The van der Waals surface area contributed by atoms with Crippen LogP contribution in [0.25, 0.3) is 11.5 Å². The van der Waals surface area contributed by atoms with Crippen molar-refractivity contribution < 1.29 is 41.9 Å². The van der Waals surface area contributed by atoms with Crippen LogP contribution in [0.15, 0.2) is 53.4 Å². The van der Waals surface area contributed by atoms with Gasteiger partial charge in [-0.3, -0.25) is 38.9 Å². The number of anilines is 3. The molecule has 0 spiro atoms. The Morgan fingerprint density at radius 1 is 1.00 bits per heavy atom. The highest BCUT2D eigenvalue weighted by Crippen LogP contribution is 2.36. The first-order chi connectivity index (χ1) is 30.0. The minimum absolute atomic E-state index is 0.0440. The van der Waals surface area contributed by atoms with Gasteiger partial charge in [0.05, 0.1) is 29.5 Å². The van der Waals surface area contributed by atoms with Crippen LogP contribution in [-0.4, -0.2) is 112 Å². The number of carbonyl (C=O) groups is 5. The van der Waals surface area contributed by atoms with Gasteiger partial charge in [0.2, 0.25) is 17.7 Å². The summed E-state index contributed by atoms with van der Waals surface area (Å²) < 4.78 is 41.2. The van der Waals surface area contributed by atoms with Crippen molar-refractivity contribution in [3.8, 4) is 11.5 Å². The van der Waals surface area contributed by atoms with Crippen molar-refractivity contribution >= 4 is 46.7 Å². The fraction of sp³-hybridized carbons (Fsp3) is 0.488. The summed E-state index contributed by atoms with van der Waals surface area (Å²) in [5.74, 6) is -0.878. The lowest BCUT2D eigenvalue weighted by Crippen LogP contribution is -2.54. The van der Waals surface area contributed by atoms with E-state index < -0.39 is 47.7 Å². The Balaban J connectivity index is 0.741. The Kier molecular flexibility index (Phi) is 13.0. The lowest BCUT2D eigenvalue weighted by molar-refractivity contribution is -0.136. The van der Waals surface area contributed by atoms with Crippen LogP contribution >= 0.6 is 0 Å². The van der Waals surface area contributed by atoms with E-state index in [-0.39, 0.29) is 47.3 Å². The molecule has 4 N–H and O–H groups in total. The van der Waals surface area contributed by atoms with Gasteiger partial charge in [0.1, 0.15) is 18.1 Å². The smallest absolute Gasteiger partial charge is 0.284 e. The van der Waals surface area contributed by atoms with Crippen LogP contribution in [0.2, 0.25) is 0 Å². The van der Waals surface area contributed by atoms with E-state index in [0.29, 0.717) is 48.7 Å². The summed E-state index contributed by atoms with van der Waals surface area (Å²) in [5, 5.41) is 15.5. The van der Waals surface area contributed by atoms with Crippen molar-refractivity contribution in [2.45, 2.75) is 76.3 Å². The quantitative estimate of drug-likeness (QED) is 0.0678. The third-order valence-corrected chi connectivity index (χ3v) is 11.8. The van der Waals surface area contributed by atoms with E-state index in [2.05, 4.69) is 48.3 Å². The molecule has 4 aliphatic rings. The number of benzene rings is 1. The van der Waals surface area contributed by atoms with Crippen molar-refractivity contribution in [2.75, 3.05) is 62.4 Å². The van der Waals surface area contributed by atoms with Gasteiger partial charge in [-0.15, -0.1) is 0 Å². The number of carbonyl (C=O) groups excluding carboxylic acids is 5. The van der Waals surface area contributed by atoms with Gasteiger partial charge in [0.25, 0.3) is 24.1 Å². The number of halogens is 2. The molecule has 8 rings (SSSR count). The van der Waals surface area contributed by atoms with Gasteiger partial charge in [0.15, 0.2) is 11.4 Å². The molecule has 0 radical (unpaired) electrons. The highest BCUT2D eigenvalue weighted by Gasteiger charge is 2.45. The van der Waals surface area contributed by atoms with Crippen LogP contribution in [0.3, 0.4) is 0 Å². The Morgan fingerprint density at radius 2 is 1.81 bits per heavy atom. The molecular formula is C43H50F2N10O7. The number of nitrogens with zero attached hydrogens (tertiary/aromatic N) is 6. The molecule has 2 aliphatic carbocycles. The number of piperidine rings is 1. The zero-order chi connectivity index (χ0) is 43.3. The number of oxazole rings is 1. The van der Waals surface area contributed by atoms with E-state index in [1.807, 2.05) is 0 Å². The molecule has 5 amide bonds. The van der Waals surface area contributed by atoms with Gasteiger partial charge in [-0.05, 0) is 94.5 Å². The van der Waals surface area contributed by atoms with Crippen molar-refractivity contribution in [1.82, 2.24) is 34.9 Å². The second-order valence-corrected chi connectivity index (χ2v) is 16.5. The highest BCUT2D eigenvalue weighted by molar-refractivity contribution is 6.25. The molecule has 1 atom stereocenters. The number of aromatic nitrogens is 4. The third-order valence-electron chi connectivity index (χ3n) is 11.8. The molecular weight excluding hydrogens is 807 g/mol. The highest BCUT2D eigenvalue weighted by atomic mass is 19.3. The molecule has 1 aromatic carbocycles. The molecule has 17 nitrogen and oxygen atoms in total. The number of amides is 5. The van der Waals surface area contributed by atoms with Crippen LogP contribution in [0.5, 0.6) is 0 Å². The number of hydrogen-bond donors (Lipinski definition) is 4. The van der Waals surface area contributed by atoms with Gasteiger partial charge in [-0.1, -0.05) is 6.07 Å². The van der Waals surface area contributed by atoms with Crippen LogP contribution < -0.4 is 21.3 Å². The maximum atomic E-state index is 14.1. The number of nitrogens with one attached hydrogen (secondary N) is 4. The Hall–Kier alpha value is -6.08. The molecule has 4 aromatic rings. The van der Waals surface area contributed by atoms with Gasteiger partial charge < -0.3 is 30.0 Å². The normalized spacial score (nSPS) is 20.2. The molecule has 2 aliphatic heterocycles. The second kappa shape index (κ2) is 18.9. The fourth-order valence-corrected chi connectivity index (χ4v) is 8.36. The lowest BCUT2D eigenvalue weighted by atomic mass is 9.86. The van der Waals surface area contributed by atoms with E-state index in [1.54, 1.807) is 41.2 Å². The summed E-state index contributed by atoms with van der Waals surface area (Å²) in [6.45, 7) is 3.84. The maximum absolute atomic E-state index is 14.1. The first kappa shape index (κ1) is 42.6. The van der Waals surface area contributed by atoms with Crippen LogP contribution in [0, 0.1) is 11.8 Å². The summed E-state index contributed by atoms with van der Waals surface area (Å²) in [5.41, 5.74) is 0.943. The summed E-state index contributed by atoms with van der Waals surface area (Å²) in [7, 11) is 2.07. The summed E-state index contributed by atoms with van der Waals surface area (Å²) >= 11 is 0. The fourth-order valence-electron chi connectivity index (χ4n) is 8.36. The first-order valence-electron chi connectivity index (χ1n) is 21.2. The summed E-state index contributed by atoms with van der Waals surface area (Å²) in [6, 6.07) is 7.34. The van der Waals surface area contributed by atoms with Crippen LogP contribution in [-0.2, 0) is 14.3 Å². The van der Waals surface area contributed by atoms with Crippen molar-refractivity contribution in [1.29, 1.82) is 0 Å². The standard InChI is InChI=1S/C43H50F2N10O7/c1-53(17-3-18-61-19-16-46-30-5-2-4-29-36(30)43(60)55(42(29)59)33-12-13-35(56)51-40(33)58)22-26-8-10-28(11-9-26)54-23-31(37(52-54)38(44)45)49-39(57)32-24-62-41(50-32)27-14-15-47-34(20-27)48-21-25-6-7-25/h2,4-5,14-15,20,23-26,28,33,38,46H,3,6-13,16-19,21-22H2,1H3,(H,47,48)(H,49,57)(H,51,56,58)/t26-,28-,33?. The minimum Gasteiger partial charge on any atom is -0.444 e. The Labute approximate surface area is 356 Å². The average molecular weight is 857 g/mol. The number of imide groups is 2. The molecule has 2 saturated carbocycles. The van der Waals surface area contributed by atoms with E-state index >= 15 is 0 Å². The minimum atomic E-state index is -2.88. The van der Waals surface area contributed by atoms with Gasteiger partial charge in [-0.2, -0.15) is 5.10 Å². The SMILES string of the molecule is CN(CCCOCCNc1cccc2c1C(=O)N(C1CCC(=O)NC1=O)C2=O)C[C@H]1CC[C@H](n2cc(NC(=O)c3coc(-c4ccnc(NCC5CC5)c4)n3)c(C(F)F)n2)CC1. The number of ether oxygens (including phenoxy) is 1. The monoisotopic (exact) mass is 856 g/mol. The van der Waals surface area contributed by atoms with E-state index in [9.17, 15) is 32.8 Å². The van der Waals surface area contributed by atoms with Crippen molar-refractivity contribution in [2.24, 2.45) is 11.8 Å². The first-order valence-corrected chi connectivity index (χ1v) is 21.2. The van der Waals surface area contributed by atoms with Crippen molar-refractivity contribution in [3.05, 3.63) is 71.5 Å². The largest absolute Gasteiger partial charge is 0.444 e. The number of pyridine rings is 1. The molecule has 62 heavy (non-hydrogen) atoms. The predicted octanol–water partition coefficient (Wildman–Crippen LogP) is 5.53. The van der Waals surface area contributed by atoms with Crippen molar-refractivity contribution in [3.63, 3.8) is 0 Å². The number of hydrogen-bond acceptors (Lipinski definition) is 13. The van der Waals surface area contributed by atoms with E-state index in [1.165, 1.54) is 25.3 Å². The summed E-state index contributed by atoms with van der Waals surface area (Å²) in [4.78, 5) is 75.4. The number of rotatable bonds is 19. The molecule has 3 fully saturated rings. The number of fused-ring (bicyclic) bond motifs is 1. The maximum Gasteiger partial charge on any atom is 0.284 e. The molecule has 19 heteroatoms. The zero-order valence-electron chi connectivity index (χ0n) is 34.4. The third kappa shape index (κ3) is 9.83. The molecule has 3 aromatic heterocycles. The van der Waals surface area contributed by atoms with Gasteiger partial charge in [0, 0.05) is 62.9 Å². The topological polar surface area (TPSA) is 206 Å².